The van der Waals surface area contributed by atoms with Gasteiger partial charge < -0.3 is 14.2 Å². The fraction of sp³-hybridized carbons (Fsp3) is 0.444. The number of amides is 2. The minimum absolute atomic E-state index is 0.251. The van der Waals surface area contributed by atoms with E-state index in [2.05, 4.69) is 9.97 Å². The molecule has 1 aliphatic carbocycles. The average molecular weight is 340 g/mol. The van der Waals surface area contributed by atoms with Crippen molar-refractivity contribution in [3.63, 3.8) is 0 Å². The standard InChI is InChI=1S/C18H20N4O3/c23-17-18(24)22(14-3-1-2-4-14)8-7-21(17)11-13-5-6-15(20-9-13)16-10-19-12-25-16/h5-6,9-10,12,14H,1-4,7-8,11H2. The number of hydrogen-bond acceptors (Lipinski definition) is 5. The van der Waals surface area contributed by atoms with Crippen molar-refractivity contribution in [1.29, 1.82) is 0 Å². The molecule has 0 atom stereocenters. The van der Waals surface area contributed by atoms with Crippen molar-refractivity contribution in [3.8, 4) is 11.5 Å². The van der Waals surface area contributed by atoms with Gasteiger partial charge in [0.05, 0.1) is 6.20 Å². The van der Waals surface area contributed by atoms with E-state index in [1.54, 1.807) is 22.2 Å². The summed E-state index contributed by atoms with van der Waals surface area (Å²) in [5.74, 6) is -0.162. The molecule has 2 aromatic rings. The first-order valence-corrected chi connectivity index (χ1v) is 8.66. The fourth-order valence-corrected chi connectivity index (χ4v) is 3.63. The number of aromatic nitrogens is 2. The highest BCUT2D eigenvalue weighted by Crippen LogP contribution is 2.25. The topological polar surface area (TPSA) is 79.5 Å². The van der Waals surface area contributed by atoms with Crippen LogP contribution in [0.2, 0.25) is 0 Å². The Bertz CT molecular complexity index is 751. The lowest BCUT2D eigenvalue weighted by molar-refractivity contribution is -0.158. The maximum Gasteiger partial charge on any atom is 0.312 e. The van der Waals surface area contributed by atoms with Gasteiger partial charge in [-0.3, -0.25) is 14.6 Å². The van der Waals surface area contributed by atoms with E-state index in [0.29, 0.717) is 31.1 Å². The van der Waals surface area contributed by atoms with Gasteiger partial charge in [0.1, 0.15) is 5.69 Å². The molecular formula is C18H20N4O3. The first kappa shape index (κ1) is 15.8. The molecule has 0 N–H and O–H groups in total. The number of hydrogen-bond donors (Lipinski definition) is 0. The predicted molar refractivity (Wildman–Crippen MR) is 89.1 cm³/mol. The van der Waals surface area contributed by atoms with E-state index >= 15 is 0 Å². The lowest BCUT2D eigenvalue weighted by atomic mass is 10.1. The van der Waals surface area contributed by atoms with Gasteiger partial charge in [-0.25, -0.2) is 4.98 Å². The quantitative estimate of drug-likeness (QED) is 0.794. The Labute approximate surface area is 145 Å². The molecule has 130 valence electrons. The maximum absolute atomic E-state index is 12.4. The number of rotatable bonds is 4. The van der Waals surface area contributed by atoms with Crippen molar-refractivity contribution in [2.24, 2.45) is 0 Å². The molecule has 7 nitrogen and oxygen atoms in total. The number of piperazine rings is 1. The molecule has 0 bridgehead atoms. The first-order valence-electron chi connectivity index (χ1n) is 8.66. The summed E-state index contributed by atoms with van der Waals surface area (Å²) in [5, 5.41) is 0. The van der Waals surface area contributed by atoms with Crippen LogP contribution in [0.3, 0.4) is 0 Å². The van der Waals surface area contributed by atoms with E-state index in [9.17, 15) is 9.59 Å². The highest BCUT2D eigenvalue weighted by Gasteiger charge is 2.37. The molecule has 1 saturated carbocycles. The second kappa shape index (κ2) is 6.66. The Morgan fingerprint density at radius 1 is 1.08 bits per heavy atom. The highest BCUT2D eigenvalue weighted by atomic mass is 16.3. The van der Waals surface area contributed by atoms with E-state index in [4.69, 9.17) is 4.42 Å². The van der Waals surface area contributed by atoms with Crippen molar-refractivity contribution in [2.45, 2.75) is 38.3 Å². The van der Waals surface area contributed by atoms with Gasteiger partial charge in [0.2, 0.25) is 0 Å². The first-order chi connectivity index (χ1) is 12.2. The van der Waals surface area contributed by atoms with Crippen molar-refractivity contribution in [1.82, 2.24) is 19.8 Å². The smallest absolute Gasteiger partial charge is 0.312 e. The third-order valence-electron chi connectivity index (χ3n) is 4.99. The van der Waals surface area contributed by atoms with Crippen LogP contribution in [0.5, 0.6) is 0 Å². The van der Waals surface area contributed by atoms with Gasteiger partial charge in [0, 0.05) is 31.9 Å². The lowest BCUT2D eigenvalue weighted by Gasteiger charge is -2.37. The number of pyridine rings is 1. The molecule has 2 aromatic heterocycles. The van der Waals surface area contributed by atoms with Crippen LogP contribution in [0.15, 0.2) is 35.3 Å². The third kappa shape index (κ3) is 3.14. The minimum atomic E-state index is -0.405. The van der Waals surface area contributed by atoms with Crippen LogP contribution in [0.1, 0.15) is 31.2 Å². The van der Waals surface area contributed by atoms with Crippen LogP contribution in [0.4, 0.5) is 0 Å². The van der Waals surface area contributed by atoms with E-state index < -0.39 is 5.91 Å². The molecule has 0 spiro atoms. The lowest BCUT2D eigenvalue weighted by Crippen LogP contribution is -2.56. The summed E-state index contributed by atoms with van der Waals surface area (Å²) in [6, 6.07) is 3.98. The summed E-state index contributed by atoms with van der Waals surface area (Å²) in [5.41, 5.74) is 1.58. The summed E-state index contributed by atoms with van der Waals surface area (Å²) >= 11 is 0. The summed E-state index contributed by atoms with van der Waals surface area (Å²) in [7, 11) is 0. The summed E-state index contributed by atoms with van der Waals surface area (Å²) in [6.45, 7) is 1.59. The van der Waals surface area contributed by atoms with Gasteiger partial charge in [0.25, 0.3) is 0 Å². The molecule has 1 aliphatic heterocycles. The Balaban J connectivity index is 1.41. The van der Waals surface area contributed by atoms with Crippen molar-refractivity contribution < 1.29 is 14.0 Å². The highest BCUT2D eigenvalue weighted by molar-refractivity contribution is 6.35. The van der Waals surface area contributed by atoms with Crippen LogP contribution < -0.4 is 0 Å². The molecule has 2 fully saturated rings. The molecular weight excluding hydrogens is 320 g/mol. The zero-order chi connectivity index (χ0) is 17.2. The number of carbonyl (C=O) groups excluding carboxylic acids is 2. The van der Waals surface area contributed by atoms with Crippen LogP contribution in [-0.4, -0.2) is 50.7 Å². The van der Waals surface area contributed by atoms with E-state index in [1.165, 1.54) is 6.39 Å². The molecule has 2 aliphatic rings. The molecule has 1 saturated heterocycles. The second-order valence-corrected chi connectivity index (χ2v) is 6.58. The van der Waals surface area contributed by atoms with Gasteiger partial charge in [-0.1, -0.05) is 18.9 Å². The van der Waals surface area contributed by atoms with Crippen LogP contribution >= 0.6 is 0 Å². The van der Waals surface area contributed by atoms with Crippen molar-refractivity contribution >= 4 is 11.8 Å². The van der Waals surface area contributed by atoms with E-state index in [0.717, 1.165) is 31.2 Å². The zero-order valence-corrected chi connectivity index (χ0v) is 13.9. The molecule has 0 radical (unpaired) electrons. The van der Waals surface area contributed by atoms with Crippen molar-refractivity contribution in [2.75, 3.05) is 13.1 Å². The van der Waals surface area contributed by atoms with Gasteiger partial charge in [-0.2, -0.15) is 0 Å². The normalized spacial score (nSPS) is 19.0. The zero-order valence-electron chi connectivity index (χ0n) is 13.9. The largest absolute Gasteiger partial charge is 0.442 e. The van der Waals surface area contributed by atoms with E-state index in [1.807, 2.05) is 12.1 Å². The SMILES string of the molecule is O=C1C(=O)N(C2CCCC2)CCN1Cc1ccc(-c2cnco2)nc1. The molecule has 3 heterocycles. The van der Waals surface area contributed by atoms with Crippen LogP contribution in [0.25, 0.3) is 11.5 Å². The Morgan fingerprint density at radius 2 is 1.92 bits per heavy atom. The number of carbonyl (C=O) groups is 2. The molecule has 7 heteroatoms. The average Bonchev–Trinajstić information content (AvgIpc) is 3.33. The number of nitrogens with zero attached hydrogens (tertiary/aromatic N) is 4. The monoisotopic (exact) mass is 340 g/mol. The van der Waals surface area contributed by atoms with Crippen molar-refractivity contribution in [3.05, 3.63) is 36.5 Å². The second-order valence-electron chi connectivity index (χ2n) is 6.58. The summed E-state index contributed by atoms with van der Waals surface area (Å²) in [6.07, 6.45) is 9.01. The summed E-state index contributed by atoms with van der Waals surface area (Å²) < 4.78 is 5.21. The Kier molecular flexibility index (Phi) is 4.21. The fourth-order valence-electron chi connectivity index (χ4n) is 3.63. The molecule has 2 amide bonds. The van der Waals surface area contributed by atoms with E-state index in [-0.39, 0.29) is 11.9 Å². The van der Waals surface area contributed by atoms with Crippen LogP contribution in [-0.2, 0) is 16.1 Å². The third-order valence-corrected chi connectivity index (χ3v) is 4.99. The molecule has 0 unspecified atom stereocenters. The van der Waals surface area contributed by atoms with Gasteiger partial charge in [-0.05, 0) is 24.5 Å². The summed E-state index contributed by atoms with van der Waals surface area (Å²) in [4.78, 5) is 36.5. The maximum atomic E-state index is 12.4. The molecule has 0 aromatic carbocycles. The van der Waals surface area contributed by atoms with Gasteiger partial charge in [0.15, 0.2) is 12.2 Å². The Morgan fingerprint density at radius 3 is 2.60 bits per heavy atom. The predicted octanol–water partition coefficient (Wildman–Crippen LogP) is 1.85. The molecule has 4 rings (SSSR count). The van der Waals surface area contributed by atoms with Crippen LogP contribution in [0, 0.1) is 0 Å². The minimum Gasteiger partial charge on any atom is -0.442 e. The van der Waals surface area contributed by atoms with Gasteiger partial charge >= 0.3 is 11.8 Å². The van der Waals surface area contributed by atoms with Gasteiger partial charge in [-0.15, -0.1) is 0 Å². The Hall–Kier alpha value is -2.70. The number of oxazole rings is 1. The molecule has 25 heavy (non-hydrogen) atoms.